The van der Waals surface area contributed by atoms with Crippen molar-refractivity contribution in [3.05, 3.63) is 60.2 Å². The zero-order valence-electron chi connectivity index (χ0n) is 14.3. The number of aromatic nitrogens is 1. The highest BCUT2D eigenvalue weighted by atomic mass is 32.2. The lowest BCUT2D eigenvalue weighted by atomic mass is 10.2. The van der Waals surface area contributed by atoms with Crippen molar-refractivity contribution < 1.29 is 35.9 Å². The molecule has 0 aliphatic heterocycles. The van der Waals surface area contributed by atoms with Crippen LogP contribution in [0.15, 0.2) is 48.8 Å². The Labute approximate surface area is 158 Å². The quantitative estimate of drug-likeness (QED) is 0.661. The molecule has 0 fully saturated rings. The van der Waals surface area contributed by atoms with E-state index in [2.05, 4.69) is 4.98 Å². The minimum Gasteiger partial charge on any atom is -0.480 e. The third-order valence-corrected chi connectivity index (χ3v) is 5.29. The molecule has 0 radical (unpaired) electrons. The van der Waals surface area contributed by atoms with E-state index in [-0.39, 0.29) is 11.3 Å². The molecule has 0 saturated heterocycles. The summed E-state index contributed by atoms with van der Waals surface area (Å²) in [5, 5.41) is 9.43. The number of nitrogens with zero attached hydrogens (tertiary/aromatic N) is 2. The van der Waals surface area contributed by atoms with Gasteiger partial charge in [-0.15, -0.1) is 0 Å². The number of carbonyl (C=O) groups is 1. The Bertz CT molecular complexity index is 903. The Balaban J connectivity index is 2.35. The van der Waals surface area contributed by atoms with E-state index in [1.165, 1.54) is 24.5 Å². The first-order chi connectivity index (χ1) is 13.0. The lowest BCUT2D eigenvalue weighted by Gasteiger charge is -2.31. The van der Waals surface area contributed by atoms with E-state index in [9.17, 15) is 35.9 Å². The van der Waals surface area contributed by atoms with Crippen LogP contribution in [0.5, 0.6) is 0 Å². The minimum atomic E-state index is -4.81. The van der Waals surface area contributed by atoms with E-state index in [4.69, 9.17) is 0 Å². The average Bonchev–Trinajstić information content (AvgIpc) is 2.58. The average molecular weight is 420 g/mol. The smallest absolute Gasteiger partial charge is 0.405 e. The fraction of sp³-hybridized carbons (Fsp3) is 0.294. The number of alkyl halides is 3. The molecule has 1 N–H and O–H groups in total. The topological polar surface area (TPSA) is 87.6 Å². The number of pyridine rings is 1. The van der Waals surface area contributed by atoms with E-state index >= 15 is 0 Å². The Hall–Kier alpha value is -2.69. The normalized spacial score (nSPS) is 13.1. The second-order valence-corrected chi connectivity index (χ2v) is 8.10. The van der Waals surface area contributed by atoms with E-state index < -0.39 is 51.9 Å². The number of hydrogen-bond acceptors (Lipinski definition) is 5. The van der Waals surface area contributed by atoms with Gasteiger partial charge in [-0.1, -0.05) is 6.07 Å². The first kappa shape index (κ1) is 21.6. The number of rotatable bonds is 8. The van der Waals surface area contributed by atoms with Gasteiger partial charge in [-0.3, -0.25) is 4.98 Å². The number of benzene rings is 1. The van der Waals surface area contributed by atoms with Gasteiger partial charge in [-0.25, -0.2) is 17.6 Å². The molecule has 1 aromatic heterocycles. The zero-order valence-corrected chi connectivity index (χ0v) is 15.1. The van der Waals surface area contributed by atoms with Crippen molar-refractivity contribution in [3.63, 3.8) is 0 Å². The molecule has 1 atom stereocenters. The number of sulfone groups is 1. The lowest BCUT2D eigenvalue weighted by molar-refractivity contribution is -0.140. The van der Waals surface area contributed by atoms with Gasteiger partial charge in [0, 0.05) is 18.1 Å². The fourth-order valence-electron chi connectivity index (χ4n) is 2.54. The second-order valence-electron chi connectivity index (χ2n) is 5.99. The predicted molar refractivity (Wildman–Crippen MR) is 93.0 cm³/mol. The molecule has 2 rings (SSSR count). The van der Waals surface area contributed by atoms with Crippen LogP contribution in [0, 0.1) is 5.82 Å². The highest BCUT2D eigenvalue weighted by molar-refractivity contribution is 7.90. The van der Waals surface area contributed by atoms with Gasteiger partial charge in [0.1, 0.15) is 18.4 Å². The molecular formula is C17H16F4N2O4S. The predicted octanol–water partition coefficient (Wildman–Crippen LogP) is 2.66. The van der Waals surface area contributed by atoms with E-state index in [1.807, 2.05) is 0 Å². The lowest BCUT2D eigenvalue weighted by Crippen LogP contribution is -2.50. The van der Waals surface area contributed by atoms with Crippen LogP contribution in [-0.4, -0.2) is 49.0 Å². The first-order valence-corrected chi connectivity index (χ1v) is 9.70. The van der Waals surface area contributed by atoms with Gasteiger partial charge in [-0.05, 0) is 35.9 Å². The monoisotopic (exact) mass is 420 g/mol. The Kier molecular flexibility index (Phi) is 6.60. The summed E-state index contributed by atoms with van der Waals surface area (Å²) in [7, 11) is -4.10. The Morgan fingerprint density at radius 1 is 1.18 bits per heavy atom. The van der Waals surface area contributed by atoms with Gasteiger partial charge in [-0.2, -0.15) is 13.2 Å². The van der Waals surface area contributed by atoms with Gasteiger partial charge in [0.25, 0.3) is 0 Å². The van der Waals surface area contributed by atoms with Gasteiger partial charge >= 0.3 is 12.1 Å². The maximum atomic E-state index is 13.1. The summed E-state index contributed by atoms with van der Waals surface area (Å²) in [6, 6.07) is 4.56. The third-order valence-electron chi connectivity index (χ3n) is 3.69. The van der Waals surface area contributed by atoms with Crippen molar-refractivity contribution in [2.75, 3.05) is 17.2 Å². The maximum absolute atomic E-state index is 13.1. The highest BCUT2D eigenvalue weighted by Crippen LogP contribution is 2.26. The van der Waals surface area contributed by atoms with Crippen molar-refractivity contribution in [2.24, 2.45) is 0 Å². The number of halogens is 4. The molecule has 1 heterocycles. The van der Waals surface area contributed by atoms with Crippen LogP contribution in [0.3, 0.4) is 0 Å². The molecule has 28 heavy (non-hydrogen) atoms. The number of carboxylic acids is 1. The molecule has 0 unspecified atom stereocenters. The molecule has 0 aliphatic rings. The van der Waals surface area contributed by atoms with Crippen LogP contribution < -0.4 is 4.90 Å². The van der Waals surface area contributed by atoms with Crippen LogP contribution in [0.1, 0.15) is 5.56 Å². The van der Waals surface area contributed by atoms with Crippen LogP contribution in [0.4, 0.5) is 23.2 Å². The zero-order chi connectivity index (χ0) is 20.9. The molecule has 1 aromatic carbocycles. The third kappa shape index (κ3) is 6.48. The van der Waals surface area contributed by atoms with E-state index in [0.29, 0.717) is 4.90 Å². The summed E-state index contributed by atoms with van der Waals surface area (Å²) in [5.41, 5.74) is 0.0125. The molecule has 0 amide bonds. The van der Waals surface area contributed by atoms with E-state index in [1.54, 1.807) is 0 Å². The standard InChI is InChI=1S/C17H16F4N2O4S/c18-13-3-5-14(6-4-13)23(11-17(19,20)21)15(16(24)25)10-28(26,27)9-12-2-1-7-22-8-12/h1-8,15H,9-11H2,(H,24,25)/t15-/m0/s1. The van der Waals surface area contributed by atoms with E-state index in [0.717, 1.165) is 24.3 Å². The van der Waals surface area contributed by atoms with Crippen LogP contribution >= 0.6 is 0 Å². The van der Waals surface area contributed by atoms with Gasteiger partial charge < -0.3 is 10.0 Å². The molecule has 0 bridgehead atoms. The van der Waals surface area contributed by atoms with Crippen molar-refractivity contribution in [1.29, 1.82) is 0 Å². The highest BCUT2D eigenvalue weighted by Gasteiger charge is 2.39. The maximum Gasteiger partial charge on any atom is 0.405 e. The Morgan fingerprint density at radius 3 is 2.32 bits per heavy atom. The summed E-state index contributed by atoms with van der Waals surface area (Å²) in [6.07, 6.45) is -2.13. The van der Waals surface area contributed by atoms with Crippen molar-refractivity contribution in [3.8, 4) is 0 Å². The number of aliphatic carboxylic acids is 1. The molecule has 0 saturated carbocycles. The van der Waals surface area contributed by atoms with Crippen LogP contribution in [0.2, 0.25) is 0 Å². The van der Waals surface area contributed by atoms with Crippen LogP contribution in [-0.2, 0) is 20.4 Å². The summed E-state index contributed by atoms with van der Waals surface area (Å²) in [4.78, 5) is 15.8. The summed E-state index contributed by atoms with van der Waals surface area (Å²) >= 11 is 0. The number of hydrogen-bond donors (Lipinski definition) is 1. The molecule has 11 heteroatoms. The molecule has 0 aliphatic carbocycles. The number of anilines is 1. The van der Waals surface area contributed by atoms with Crippen molar-refractivity contribution in [2.45, 2.75) is 18.0 Å². The van der Waals surface area contributed by atoms with Crippen molar-refractivity contribution >= 4 is 21.5 Å². The second kappa shape index (κ2) is 8.55. The summed E-state index contributed by atoms with van der Waals surface area (Å²) < 4.78 is 76.9. The van der Waals surface area contributed by atoms with Gasteiger partial charge in [0.05, 0.1) is 11.5 Å². The molecule has 2 aromatic rings. The SMILES string of the molecule is O=C(O)[C@H](CS(=O)(=O)Cc1cccnc1)N(CC(F)(F)F)c1ccc(F)cc1. The molecule has 0 spiro atoms. The first-order valence-electron chi connectivity index (χ1n) is 7.88. The van der Waals surface area contributed by atoms with Gasteiger partial charge in [0.2, 0.25) is 0 Å². The molecule has 6 nitrogen and oxygen atoms in total. The van der Waals surface area contributed by atoms with Crippen LogP contribution in [0.25, 0.3) is 0 Å². The molecular weight excluding hydrogens is 404 g/mol. The van der Waals surface area contributed by atoms with Gasteiger partial charge in [0.15, 0.2) is 9.84 Å². The summed E-state index contributed by atoms with van der Waals surface area (Å²) in [6.45, 7) is -1.71. The molecule has 152 valence electrons. The van der Waals surface area contributed by atoms with Crippen molar-refractivity contribution in [1.82, 2.24) is 4.98 Å². The number of carboxylic acid groups (broad SMARTS) is 1. The largest absolute Gasteiger partial charge is 0.480 e. The Morgan fingerprint density at radius 2 is 1.82 bits per heavy atom. The fourth-order valence-corrected chi connectivity index (χ4v) is 4.14. The summed E-state index contributed by atoms with van der Waals surface area (Å²) in [5.74, 6) is -4.12. The minimum absolute atomic E-state index is 0.261.